The molecule has 0 spiro atoms. The number of carbonyl (C=O) groups is 2. The summed E-state index contributed by atoms with van der Waals surface area (Å²) >= 11 is 0. The summed E-state index contributed by atoms with van der Waals surface area (Å²) in [6.45, 7) is 3.04. The first kappa shape index (κ1) is 17.9. The van der Waals surface area contributed by atoms with Crippen molar-refractivity contribution in [3.05, 3.63) is 44.8 Å². The van der Waals surface area contributed by atoms with Crippen LogP contribution in [-0.2, 0) is 4.74 Å². The molecule has 25 heavy (non-hydrogen) atoms. The fourth-order valence-electron chi connectivity index (χ4n) is 2.17. The molecule has 0 atom stereocenters. The Morgan fingerprint density at radius 1 is 1.40 bits per heavy atom. The minimum absolute atomic E-state index is 0.0213. The SMILES string of the molecule is CCOC(=O)c1cc(OC)c(O)c([N+](=O)[O-])c1C(=O)c1cc(C)on1. The third-order valence-corrected chi connectivity index (χ3v) is 3.22. The number of nitro benzene ring substituents is 1. The Hall–Kier alpha value is -3.43. The van der Waals surface area contributed by atoms with Crippen molar-refractivity contribution in [2.45, 2.75) is 13.8 Å². The molecule has 0 aliphatic rings. The van der Waals surface area contributed by atoms with Crippen LogP contribution in [0, 0.1) is 17.0 Å². The highest BCUT2D eigenvalue weighted by Crippen LogP contribution is 2.41. The van der Waals surface area contributed by atoms with Crippen molar-refractivity contribution in [2.24, 2.45) is 0 Å². The van der Waals surface area contributed by atoms with Gasteiger partial charge >= 0.3 is 11.7 Å². The molecule has 10 nitrogen and oxygen atoms in total. The van der Waals surface area contributed by atoms with Crippen LogP contribution in [0.3, 0.4) is 0 Å². The van der Waals surface area contributed by atoms with E-state index in [1.165, 1.54) is 19.9 Å². The Morgan fingerprint density at radius 3 is 2.56 bits per heavy atom. The quantitative estimate of drug-likeness (QED) is 0.358. The Bertz CT molecular complexity index is 855. The molecule has 0 unspecified atom stereocenters. The number of ether oxygens (including phenoxy) is 2. The first-order valence-electron chi connectivity index (χ1n) is 7.05. The topological polar surface area (TPSA) is 142 Å². The van der Waals surface area contributed by atoms with Crippen LogP contribution in [0.15, 0.2) is 16.7 Å². The number of methoxy groups -OCH3 is 1. The lowest BCUT2D eigenvalue weighted by atomic mass is 9.98. The molecular weight excluding hydrogens is 336 g/mol. The van der Waals surface area contributed by atoms with Crippen molar-refractivity contribution in [3.63, 3.8) is 0 Å². The van der Waals surface area contributed by atoms with Crippen LogP contribution in [0.25, 0.3) is 0 Å². The summed E-state index contributed by atoms with van der Waals surface area (Å²) in [4.78, 5) is 35.3. The van der Waals surface area contributed by atoms with E-state index < -0.39 is 39.2 Å². The van der Waals surface area contributed by atoms with Crippen molar-refractivity contribution in [3.8, 4) is 11.5 Å². The number of ketones is 1. The van der Waals surface area contributed by atoms with Crippen molar-refractivity contribution in [1.82, 2.24) is 5.16 Å². The van der Waals surface area contributed by atoms with Crippen LogP contribution in [0.5, 0.6) is 11.5 Å². The molecule has 0 amide bonds. The van der Waals surface area contributed by atoms with E-state index in [1.807, 2.05) is 0 Å². The van der Waals surface area contributed by atoms with Crippen molar-refractivity contribution in [2.75, 3.05) is 13.7 Å². The van der Waals surface area contributed by atoms with Gasteiger partial charge in [0.05, 0.1) is 24.2 Å². The molecule has 0 fully saturated rings. The molecule has 0 radical (unpaired) electrons. The number of nitrogens with zero attached hydrogens (tertiary/aromatic N) is 2. The van der Waals surface area contributed by atoms with Gasteiger partial charge in [-0.15, -0.1) is 0 Å². The zero-order valence-electron chi connectivity index (χ0n) is 13.6. The molecule has 0 saturated carbocycles. The fraction of sp³-hybridized carbons (Fsp3) is 0.267. The minimum atomic E-state index is -0.985. The number of esters is 1. The van der Waals surface area contributed by atoms with Gasteiger partial charge < -0.3 is 19.1 Å². The van der Waals surface area contributed by atoms with E-state index in [0.717, 1.165) is 13.2 Å². The predicted octanol–water partition coefficient (Wildman–Crippen LogP) is 2.01. The first-order valence-corrected chi connectivity index (χ1v) is 7.05. The highest BCUT2D eigenvalue weighted by atomic mass is 16.6. The van der Waals surface area contributed by atoms with E-state index in [-0.39, 0.29) is 18.1 Å². The number of carbonyl (C=O) groups excluding carboxylic acids is 2. The third kappa shape index (κ3) is 3.27. The molecule has 0 aliphatic heterocycles. The van der Waals surface area contributed by atoms with Gasteiger partial charge in [0, 0.05) is 6.07 Å². The fourth-order valence-corrected chi connectivity index (χ4v) is 2.17. The number of benzene rings is 1. The van der Waals surface area contributed by atoms with Crippen LogP contribution < -0.4 is 4.74 Å². The Morgan fingerprint density at radius 2 is 2.08 bits per heavy atom. The zero-order chi connectivity index (χ0) is 18.7. The second-order valence-electron chi connectivity index (χ2n) is 4.83. The molecule has 1 heterocycles. The number of nitro groups is 1. The number of hydrogen-bond donors (Lipinski definition) is 1. The van der Waals surface area contributed by atoms with Gasteiger partial charge in [-0.25, -0.2) is 4.79 Å². The van der Waals surface area contributed by atoms with Crippen LogP contribution in [0.4, 0.5) is 5.69 Å². The molecule has 1 N–H and O–H groups in total. The van der Waals surface area contributed by atoms with Gasteiger partial charge in [-0.1, -0.05) is 5.16 Å². The number of phenolic OH excluding ortho intramolecular Hbond substituents is 1. The Balaban J connectivity index is 2.81. The average Bonchev–Trinajstić information content (AvgIpc) is 2.99. The summed E-state index contributed by atoms with van der Waals surface area (Å²) in [5, 5.41) is 25.0. The summed E-state index contributed by atoms with van der Waals surface area (Å²) in [6, 6.07) is 2.25. The summed E-state index contributed by atoms with van der Waals surface area (Å²) < 4.78 is 14.5. The highest BCUT2D eigenvalue weighted by molar-refractivity contribution is 6.17. The summed E-state index contributed by atoms with van der Waals surface area (Å²) in [5.41, 5.74) is -2.31. The number of aromatic nitrogens is 1. The van der Waals surface area contributed by atoms with Gasteiger partial charge in [0.15, 0.2) is 11.4 Å². The van der Waals surface area contributed by atoms with E-state index in [9.17, 15) is 24.8 Å². The number of hydrogen-bond acceptors (Lipinski definition) is 9. The van der Waals surface area contributed by atoms with Crippen molar-refractivity contribution in [1.29, 1.82) is 0 Å². The molecule has 132 valence electrons. The standard InChI is InChI=1S/C15H14N2O8/c1-4-24-15(20)8-6-10(23-3)14(19)12(17(21)22)11(8)13(18)9-5-7(2)25-16-9/h5-6,19H,4H2,1-3H3. The lowest BCUT2D eigenvalue weighted by Crippen LogP contribution is -2.16. The number of rotatable bonds is 6. The summed E-state index contributed by atoms with van der Waals surface area (Å²) in [5.74, 6) is -2.88. The molecular formula is C15H14N2O8. The zero-order valence-corrected chi connectivity index (χ0v) is 13.6. The lowest BCUT2D eigenvalue weighted by molar-refractivity contribution is -0.386. The van der Waals surface area contributed by atoms with Crippen LogP contribution in [0.1, 0.15) is 39.1 Å². The van der Waals surface area contributed by atoms with E-state index in [0.29, 0.717) is 5.76 Å². The molecule has 1 aromatic heterocycles. The molecule has 2 aromatic rings. The molecule has 10 heteroatoms. The maximum Gasteiger partial charge on any atom is 0.339 e. The van der Waals surface area contributed by atoms with Crippen LogP contribution >= 0.6 is 0 Å². The molecule has 0 bridgehead atoms. The maximum absolute atomic E-state index is 12.7. The number of phenols is 1. The molecule has 0 aliphatic carbocycles. The maximum atomic E-state index is 12.7. The number of aromatic hydroxyl groups is 1. The van der Waals surface area contributed by atoms with Gasteiger partial charge in [-0.3, -0.25) is 14.9 Å². The van der Waals surface area contributed by atoms with Crippen LogP contribution in [0.2, 0.25) is 0 Å². The largest absolute Gasteiger partial charge is 0.499 e. The second-order valence-corrected chi connectivity index (χ2v) is 4.83. The van der Waals surface area contributed by atoms with Crippen molar-refractivity contribution < 1.29 is 33.6 Å². The van der Waals surface area contributed by atoms with Gasteiger partial charge in [-0.05, 0) is 19.9 Å². The van der Waals surface area contributed by atoms with Gasteiger partial charge in [-0.2, -0.15) is 0 Å². The summed E-state index contributed by atoms with van der Waals surface area (Å²) in [7, 11) is 1.15. The minimum Gasteiger partial charge on any atom is -0.499 e. The first-order chi connectivity index (χ1) is 11.8. The van der Waals surface area contributed by atoms with Gasteiger partial charge in [0.2, 0.25) is 11.5 Å². The average molecular weight is 350 g/mol. The lowest BCUT2D eigenvalue weighted by Gasteiger charge is -2.12. The number of aryl methyl sites for hydroxylation is 1. The molecule has 2 rings (SSSR count). The smallest absolute Gasteiger partial charge is 0.339 e. The Kier molecular flexibility index (Phi) is 5.01. The molecule has 1 aromatic carbocycles. The third-order valence-electron chi connectivity index (χ3n) is 3.22. The predicted molar refractivity (Wildman–Crippen MR) is 81.9 cm³/mol. The van der Waals surface area contributed by atoms with Crippen molar-refractivity contribution >= 4 is 17.4 Å². The van der Waals surface area contributed by atoms with E-state index in [4.69, 9.17) is 14.0 Å². The van der Waals surface area contributed by atoms with E-state index in [2.05, 4.69) is 5.16 Å². The van der Waals surface area contributed by atoms with E-state index >= 15 is 0 Å². The monoisotopic (exact) mass is 350 g/mol. The van der Waals surface area contributed by atoms with E-state index in [1.54, 1.807) is 0 Å². The highest BCUT2D eigenvalue weighted by Gasteiger charge is 2.36. The van der Waals surface area contributed by atoms with Crippen LogP contribution in [-0.4, -0.2) is 40.7 Å². The van der Waals surface area contributed by atoms with Gasteiger partial charge in [0.25, 0.3) is 0 Å². The normalized spacial score (nSPS) is 10.4. The second kappa shape index (κ2) is 6.99. The van der Waals surface area contributed by atoms with Gasteiger partial charge in [0.1, 0.15) is 11.3 Å². The molecule has 0 saturated heterocycles. The Labute approximate surface area is 141 Å². The summed E-state index contributed by atoms with van der Waals surface area (Å²) in [6.07, 6.45) is 0.